The zero-order valence-electron chi connectivity index (χ0n) is 16.2. The average Bonchev–Trinajstić information content (AvgIpc) is 2.68. The number of sulfonamides is 1. The Labute approximate surface area is 165 Å². The lowest BCUT2D eigenvalue weighted by Crippen LogP contribution is -2.38. The second-order valence-corrected chi connectivity index (χ2v) is 8.63. The van der Waals surface area contributed by atoms with Crippen LogP contribution >= 0.6 is 0 Å². The van der Waals surface area contributed by atoms with Crippen LogP contribution in [0.4, 0.5) is 11.4 Å². The topological polar surface area (TPSA) is 84.9 Å². The number of carbonyl (C=O) groups excluding carboxylic acids is 1. The summed E-state index contributed by atoms with van der Waals surface area (Å²) >= 11 is 0. The van der Waals surface area contributed by atoms with Gasteiger partial charge >= 0.3 is 0 Å². The highest BCUT2D eigenvalue weighted by Gasteiger charge is 2.27. The number of carbonyl (C=O) groups is 1. The van der Waals surface area contributed by atoms with E-state index in [9.17, 15) is 13.2 Å². The first-order valence-corrected chi connectivity index (χ1v) is 10.6. The lowest BCUT2D eigenvalue weighted by molar-refractivity contribution is 0.102. The standard InChI is InChI=1S/C20H24N2O5S/c1-14-12-15(6-9-18(14)22-10-4-5-11-28(22,24)25)20(23)21-17-8-7-16(26-2)13-19(17)27-3/h6-9,12-13H,4-5,10-11H2,1-3H3,(H,21,23). The summed E-state index contributed by atoms with van der Waals surface area (Å²) in [5, 5.41) is 2.82. The molecule has 1 aliphatic heterocycles. The van der Waals surface area contributed by atoms with Crippen molar-refractivity contribution in [2.75, 3.05) is 36.1 Å². The van der Waals surface area contributed by atoms with Crippen molar-refractivity contribution in [1.82, 2.24) is 0 Å². The molecule has 7 nitrogen and oxygen atoms in total. The highest BCUT2D eigenvalue weighted by molar-refractivity contribution is 7.92. The molecule has 1 saturated heterocycles. The van der Waals surface area contributed by atoms with Gasteiger partial charge in [0.1, 0.15) is 11.5 Å². The maximum Gasteiger partial charge on any atom is 0.255 e. The smallest absolute Gasteiger partial charge is 0.255 e. The van der Waals surface area contributed by atoms with Crippen molar-refractivity contribution in [3.05, 3.63) is 47.5 Å². The summed E-state index contributed by atoms with van der Waals surface area (Å²) in [6.07, 6.45) is 1.51. The Hall–Kier alpha value is -2.74. The van der Waals surface area contributed by atoms with Crippen LogP contribution < -0.4 is 19.1 Å². The molecule has 150 valence electrons. The van der Waals surface area contributed by atoms with Crippen molar-refractivity contribution in [1.29, 1.82) is 0 Å². The predicted octanol–water partition coefficient (Wildman–Crippen LogP) is 3.19. The van der Waals surface area contributed by atoms with Crippen molar-refractivity contribution < 1.29 is 22.7 Å². The second kappa shape index (κ2) is 8.10. The lowest BCUT2D eigenvalue weighted by atomic mass is 10.1. The molecule has 0 aliphatic carbocycles. The fourth-order valence-corrected chi connectivity index (χ4v) is 4.93. The molecular weight excluding hydrogens is 380 g/mol. The summed E-state index contributed by atoms with van der Waals surface area (Å²) in [5.41, 5.74) is 2.32. The number of benzene rings is 2. The monoisotopic (exact) mass is 404 g/mol. The third kappa shape index (κ3) is 4.06. The number of methoxy groups -OCH3 is 2. The van der Waals surface area contributed by atoms with Gasteiger partial charge in [-0.2, -0.15) is 0 Å². The fraction of sp³-hybridized carbons (Fsp3) is 0.350. The summed E-state index contributed by atoms with van der Waals surface area (Å²) in [4.78, 5) is 12.7. The molecule has 0 saturated carbocycles. The molecule has 1 N–H and O–H groups in total. The number of hydrogen-bond donors (Lipinski definition) is 1. The van der Waals surface area contributed by atoms with Gasteiger partial charge in [0, 0.05) is 18.2 Å². The molecule has 0 aromatic heterocycles. The number of nitrogens with one attached hydrogen (secondary N) is 1. The molecule has 1 amide bonds. The molecule has 0 radical (unpaired) electrons. The van der Waals surface area contributed by atoms with Gasteiger partial charge in [-0.3, -0.25) is 9.10 Å². The molecular formula is C20H24N2O5S. The number of hydrogen-bond acceptors (Lipinski definition) is 5. The quantitative estimate of drug-likeness (QED) is 0.827. The maximum atomic E-state index is 12.7. The van der Waals surface area contributed by atoms with E-state index in [1.807, 2.05) is 6.92 Å². The molecule has 0 unspecified atom stereocenters. The van der Waals surface area contributed by atoms with E-state index in [2.05, 4.69) is 5.32 Å². The summed E-state index contributed by atoms with van der Waals surface area (Å²) in [5.74, 6) is 0.962. The first-order chi connectivity index (χ1) is 13.4. The number of nitrogens with zero attached hydrogens (tertiary/aromatic N) is 1. The molecule has 1 heterocycles. The zero-order valence-corrected chi connectivity index (χ0v) is 17.0. The summed E-state index contributed by atoms with van der Waals surface area (Å²) in [6.45, 7) is 2.28. The molecule has 0 atom stereocenters. The normalized spacial score (nSPS) is 15.8. The van der Waals surface area contributed by atoms with Crippen molar-refractivity contribution >= 4 is 27.3 Å². The van der Waals surface area contributed by atoms with Crippen molar-refractivity contribution in [3.63, 3.8) is 0 Å². The van der Waals surface area contributed by atoms with Gasteiger partial charge in [-0.1, -0.05) is 0 Å². The van der Waals surface area contributed by atoms with Gasteiger partial charge in [-0.15, -0.1) is 0 Å². The van der Waals surface area contributed by atoms with Crippen LogP contribution in [0.25, 0.3) is 0 Å². The van der Waals surface area contributed by atoms with Gasteiger partial charge in [-0.05, 0) is 55.7 Å². The van der Waals surface area contributed by atoms with Crippen LogP contribution in [0.5, 0.6) is 11.5 Å². The van der Waals surface area contributed by atoms with Crippen LogP contribution in [-0.2, 0) is 10.0 Å². The van der Waals surface area contributed by atoms with Gasteiger partial charge in [-0.25, -0.2) is 8.42 Å². The molecule has 1 fully saturated rings. The van der Waals surface area contributed by atoms with Crippen LogP contribution in [0.2, 0.25) is 0 Å². The Balaban J connectivity index is 1.83. The summed E-state index contributed by atoms with van der Waals surface area (Å²) in [7, 11) is -0.220. The van der Waals surface area contributed by atoms with Gasteiger partial charge in [0.15, 0.2) is 0 Å². The second-order valence-electron chi connectivity index (χ2n) is 6.62. The minimum Gasteiger partial charge on any atom is -0.497 e. The first-order valence-electron chi connectivity index (χ1n) is 9.00. The molecule has 8 heteroatoms. The molecule has 0 spiro atoms. The largest absolute Gasteiger partial charge is 0.497 e. The lowest BCUT2D eigenvalue weighted by Gasteiger charge is -2.29. The average molecular weight is 404 g/mol. The van der Waals surface area contributed by atoms with E-state index in [-0.39, 0.29) is 11.7 Å². The Morgan fingerprint density at radius 3 is 2.50 bits per heavy atom. The van der Waals surface area contributed by atoms with E-state index < -0.39 is 10.0 Å². The Morgan fingerprint density at radius 1 is 1.07 bits per heavy atom. The number of rotatable bonds is 5. The van der Waals surface area contributed by atoms with Crippen LogP contribution in [-0.4, -0.2) is 40.8 Å². The Morgan fingerprint density at radius 2 is 1.86 bits per heavy atom. The fourth-order valence-electron chi connectivity index (χ4n) is 3.23. The molecule has 3 rings (SSSR count). The van der Waals surface area contributed by atoms with Crippen molar-refractivity contribution in [3.8, 4) is 11.5 Å². The van der Waals surface area contributed by atoms with E-state index in [0.717, 1.165) is 12.0 Å². The molecule has 1 aliphatic rings. The zero-order chi connectivity index (χ0) is 20.3. The van der Waals surface area contributed by atoms with Crippen LogP contribution in [0.3, 0.4) is 0 Å². The van der Waals surface area contributed by atoms with E-state index >= 15 is 0 Å². The van der Waals surface area contributed by atoms with Crippen molar-refractivity contribution in [2.45, 2.75) is 19.8 Å². The van der Waals surface area contributed by atoms with E-state index in [1.54, 1.807) is 43.5 Å². The van der Waals surface area contributed by atoms with E-state index in [1.165, 1.54) is 11.4 Å². The molecule has 0 bridgehead atoms. The Kier molecular flexibility index (Phi) is 5.79. The number of amides is 1. The number of anilines is 2. The first kappa shape index (κ1) is 20.0. The van der Waals surface area contributed by atoms with Gasteiger partial charge < -0.3 is 14.8 Å². The van der Waals surface area contributed by atoms with Crippen LogP contribution in [0, 0.1) is 6.92 Å². The SMILES string of the molecule is COc1ccc(NC(=O)c2ccc(N3CCCCS3(=O)=O)c(C)c2)c(OC)c1. The van der Waals surface area contributed by atoms with Gasteiger partial charge in [0.25, 0.3) is 5.91 Å². The number of ether oxygens (including phenoxy) is 2. The van der Waals surface area contributed by atoms with Gasteiger partial charge in [0.05, 0.1) is 31.3 Å². The van der Waals surface area contributed by atoms with Crippen LogP contribution in [0.1, 0.15) is 28.8 Å². The highest BCUT2D eigenvalue weighted by atomic mass is 32.2. The van der Waals surface area contributed by atoms with Gasteiger partial charge in [0.2, 0.25) is 10.0 Å². The maximum absolute atomic E-state index is 12.7. The van der Waals surface area contributed by atoms with E-state index in [0.29, 0.717) is 41.4 Å². The highest BCUT2D eigenvalue weighted by Crippen LogP contribution is 2.31. The van der Waals surface area contributed by atoms with Crippen LogP contribution in [0.15, 0.2) is 36.4 Å². The Bertz CT molecular complexity index is 988. The van der Waals surface area contributed by atoms with E-state index in [4.69, 9.17) is 9.47 Å². The van der Waals surface area contributed by atoms with Crippen molar-refractivity contribution in [2.24, 2.45) is 0 Å². The molecule has 2 aromatic carbocycles. The summed E-state index contributed by atoms with van der Waals surface area (Å²) < 4.78 is 36.6. The third-order valence-corrected chi connectivity index (χ3v) is 6.59. The third-order valence-electron chi connectivity index (χ3n) is 4.73. The minimum absolute atomic E-state index is 0.159. The summed E-state index contributed by atoms with van der Waals surface area (Å²) in [6, 6.07) is 10.1. The minimum atomic E-state index is -3.29. The predicted molar refractivity (Wildman–Crippen MR) is 109 cm³/mol. The molecule has 28 heavy (non-hydrogen) atoms. The molecule has 2 aromatic rings. The number of aryl methyl sites for hydroxylation is 1.